The smallest absolute Gasteiger partial charge is 0.402 e. The molecule has 0 aliphatic rings. The number of carbonyl (C=O) groups excluding carboxylic acids is 2. The van der Waals surface area contributed by atoms with Gasteiger partial charge in [-0.25, -0.2) is 13.8 Å². The Hall–Kier alpha value is -3.71. The Kier molecular flexibility index (Phi) is 9.89. The highest BCUT2D eigenvalue weighted by atomic mass is 79.9. The Balaban J connectivity index is 1.61. The van der Waals surface area contributed by atoms with Crippen molar-refractivity contribution in [1.29, 1.82) is 0 Å². The molecule has 0 unspecified atom stereocenters. The Morgan fingerprint density at radius 2 is 1.75 bits per heavy atom. The highest BCUT2D eigenvalue weighted by Crippen LogP contribution is 2.37. The third-order valence-corrected chi connectivity index (χ3v) is 7.87. The van der Waals surface area contributed by atoms with Gasteiger partial charge in [0.2, 0.25) is 5.91 Å². The minimum atomic E-state index is -4.72. The molecule has 44 heavy (non-hydrogen) atoms. The van der Waals surface area contributed by atoms with Gasteiger partial charge in [0.1, 0.15) is 23.6 Å². The van der Waals surface area contributed by atoms with Crippen LogP contribution < -0.4 is 15.4 Å². The topological polar surface area (TPSA) is 85.2 Å². The van der Waals surface area contributed by atoms with Crippen molar-refractivity contribution in [2.24, 2.45) is 12.5 Å². The standard InChI is InChI=1S/C30H27BrClF5N4O3/c1-29(2,30(35,36)37)28(43)38-14-16-4-9-21(32)17(10-16)11-26-40-22-12-20(27(42)39-19-7-5-18(31)6-8-19)24(44-15-25(33)34)13-23(22)41(26)3/h4-10,12-13,25H,11,14-15H2,1-3H3,(H,38,43)(H,39,42). The average Bonchev–Trinajstić information content (AvgIpc) is 3.25. The van der Waals surface area contributed by atoms with Gasteiger partial charge < -0.3 is 19.9 Å². The quantitative estimate of drug-likeness (QED) is 0.166. The number of alkyl halides is 5. The van der Waals surface area contributed by atoms with Crippen LogP contribution in [0, 0.1) is 5.41 Å². The van der Waals surface area contributed by atoms with Crippen LogP contribution in [0.15, 0.2) is 59.1 Å². The van der Waals surface area contributed by atoms with E-state index < -0.39 is 36.4 Å². The number of hydrogen-bond donors (Lipinski definition) is 2. The number of amides is 2. The molecule has 0 saturated heterocycles. The number of carbonyl (C=O) groups is 2. The summed E-state index contributed by atoms with van der Waals surface area (Å²) in [5, 5.41) is 5.40. The van der Waals surface area contributed by atoms with Crippen molar-refractivity contribution in [2.75, 3.05) is 11.9 Å². The first kappa shape index (κ1) is 33.2. The van der Waals surface area contributed by atoms with Crippen LogP contribution in [0.2, 0.25) is 5.02 Å². The number of aryl methyl sites for hydroxylation is 1. The van der Waals surface area contributed by atoms with Crippen molar-refractivity contribution in [1.82, 2.24) is 14.9 Å². The molecular weight excluding hydrogens is 675 g/mol. The van der Waals surface area contributed by atoms with Crippen molar-refractivity contribution in [3.05, 3.63) is 86.6 Å². The lowest BCUT2D eigenvalue weighted by molar-refractivity contribution is -0.211. The van der Waals surface area contributed by atoms with E-state index in [-0.39, 0.29) is 24.3 Å². The minimum Gasteiger partial charge on any atom is -0.487 e. The van der Waals surface area contributed by atoms with Crippen LogP contribution in [0.1, 0.15) is 41.2 Å². The molecule has 1 aromatic heterocycles. The number of ether oxygens (including phenoxy) is 1. The molecule has 234 valence electrons. The summed E-state index contributed by atoms with van der Waals surface area (Å²) in [4.78, 5) is 30.0. The molecule has 14 heteroatoms. The summed E-state index contributed by atoms with van der Waals surface area (Å²) in [6.07, 6.45) is -7.31. The maximum atomic E-state index is 13.2. The van der Waals surface area contributed by atoms with E-state index >= 15 is 0 Å². The number of imidazole rings is 1. The van der Waals surface area contributed by atoms with E-state index in [1.165, 1.54) is 12.1 Å². The maximum absolute atomic E-state index is 13.2. The minimum absolute atomic E-state index is 0.00303. The van der Waals surface area contributed by atoms with Crippen molar-refractivity contribution in [2.45, 2.75) is 39.4 Å². The number of anilines is 1. The summed E-state index contributed by atoms with van der Waals surface area (Å²) in [7, 11) is 1.69. The van der Waals surface area contributed by atoms with Gasteiger partial charge in [0.25, 0.3) is 12.3 Å². The summed E-state index contributed by atoms with van der Waals surface area (Å²) < 4.78 is 73.5. The second kappa shape index (κ2) is 13.1. The zero-order chi connectivity index (χ0) is 32.4. The first-order chi connectivity index (χ1) is 20.6. The van der Waals surface area contributed by atoms with E-state index in [2.05, 4.69) is 31.5 Å². The molecule has 1 heterocycles. The number of hydrogen-bond acceptors (Lipinski definition) is 4. The molecular formula is C30H27BrClF5N4O3. The predicted molar refractivity (Wildman–Crippen MR) is 160 cm³/mol. The van der Waals surface area contributed by atoms with Gasteiger partial charge >= 0.3 is 6.18 Å². The summed E-state index contributed by atoms with van der Waals surface area (Å²) >= 11 is 9.74. The number of nitrogens with one attached hydrogen (secondary N) is 2. The molecule has 0 saturated carbocycles. The number of halogens is 7. The normalized spacial score (nSPS) is 12.1. The van der Waals surface area contributed by atoms with Crippen LogP contribution in [0.25, 0.3) is 11.0 Å². The second-order valence-corrected chi connectivity index (χ2v) is 11.8. The Morgan fingerprint density at radius 1 is 1.07 bits per heavy atom. The van der Waals surface area contributed by atoms with Crippen molar-refractivity contribution in [3.8, 4) is 5.75 Å². The molecule has 2 N–H and O–H groups in total. The molecule has 0 atom stereocenters. The van der Waals surface area contributed by atoms with Crippen LogP contribution in [0.5, 0.6) is 5.75 Å². The number of nitrogens with zero attached hydrogens (tertiary/aromatic N) is 2. The van der Waals surface area contributed by atoms with Gasteiger partial charge in [0.05, 0.1) is 16.6 Å². The molecule has 0 bridgehead atoms. The van der Waals surface area contributed by atoms with Gasteiger partial charge in [-0.05, 0) is 61.4 Å². The monoisotopic (exact) mass is 700 g/mol. The molecule has 0 fully saturated rings. The van der Waals surface area contributed by atoms with Crippen LogP contribution in [0.4, 0.5) is 27.6 Å². The highest BCUT2D eigenvalue weighted by molar-refractivity contribution is 9.10. The summed E-state index contributed by atoms with van der Waals surface area (Å²) in [6.45, 7) is 0.531. The average molecular weight is 702 g/mol. The fraction of sp³-hybridized carbons (Fsp3) is 0.300. The summed E-state index contributed by atoms with van der Waals surface area (Å²) in [5.41, 5.74) is -0.101. The van der Waals surface area contributed by atoms with Gasteiger partial charge in [0.15, 0.2) is 0 Å². The Labute approximate surface area is 262 Å². The van der Waals surface area contributed by atoms with Gasteiger partial charge in [-0.2, -0.15) is 13.2 Å². The molecule has 0 spiro atoms. The lowest BCUT2D eigenvalue weighted by Crippen LogP contribution is -2.46. The molecule has 2 amide bonds. The fourth-order valence-corrected chi connectivity index (χ4v) is 4.63. The predicted octanol–water partition coefficient (Wildman–Crippen LogP) is 7.68. The zero-order valence-electron chi connectivity index (χ0n) is 23.7. The van der Waals surface area contributed by atoms with E-state index in [9.17, 15) is 31.5 Å². The third kappa shape index (κ3) is 7.49. The Morgan fingerprint density at radius 3 is 2.39 bits per heavy atom. The third-order valence-electron chi connectivity index (χ3n) is 6.97. The van der Waals surface area contributed by atoms with Crippen LogP contribution in [-0.2, 0) is 24.8 Å². The molecule has 3 aromatic carbocycles. The fourth-order valence-electron chi connectivity index (χ4n) is 4.18. The van der Waals surface area contributed by atoms with E-state index in [4.69, 9.17) is 16.3 Å². The largest absolute Gasteiger partial charge is 0.487 e. The first-order valence-corrected chi connectivity index (χ1v) is 14.3. The van der Waals surface area contributed by atoms with Gasteiger partial charge in [0, 0.05) is 41.3 Å². The molecule has 0 aliphatic heterocycles. The zero-order valence-corrected chi connectivity index (χ0v) is 26.0. The number of fused-ring (bicyclic) bond motifs is 1. The second-order valence-electron chi connectivity index (χ2n) is 10.5. The van der Waals surface area contributed by atoms with Gasteiger partial charge in [-0.1, -0.05) is 39.7 Å². The maximum Gasteiger partial charge on any atom is 0.402 e. The lowest BCUT2D eigenvalue weighted by atomic mass is 9.91. The number of benzene rings is 3. The SMILES string of the molecule is Cn1c(Cc2cc(CNC(=O)C(C)(C)C(F)(F)F)ccc2Cl)nc2cc(C(=O)Nc3ccc(Br)cc3)c(OCC(F)F)cc21. The van der Waals surface area contributed by atoms with Crippen molar-refractivity contribution in [3.63, 3.8) is 0 Å². The van der Waals surface area contributed by atoms with Crippen molar-refractivity contribution >= 4 is 56.1 Å². The highest BCUT2D eigenvalue weighted by Gasteiger charge is 2.52. The van der Waals surface area contributed by atoms with Gasteiger partial charge in [-0.3, -0.25) is 9.59 Å². The summed E-state index contributed by atoms with van der Waals surface area (Å²) in [5.74, 6) is -1.31. The molecule has 0 radical (unpaired) electrons. The number of rotatable bonds is 10. The van der Waals surface area contributed by atoms with Crippen LogP contribution in [0.3, 0.4) is 0 Å². The summed E-state index contributed by atoms with van der Waals surface area (Å²) in [6, 6.07) is 14.5. The van der Waals surface area contributed by atoms with Crippen LogP contribution >= 0.6 is 27.5 Å². The molecule has 7 nitrogen and oxygen atoms in total. The van der Waals surface area contributed by atoms with Gasteiger partial charge in [-0.15, -0.1) is 0 Å². The lowest BCUT2D eigenvalue weighted by Gasteiger charge is -2.26. The van der Waals surface area contributed by atoms with E-state index in [0.717, 1.165) is 18.3 Å². The van der Waals surface area contributed by atoms with E-state index in [0.29, 0.717) is 38.7 Å². The molecule has 0 aliphatic carbocycles. The molecule has 4 aromatic rings. The Bertz CT molecular complexity index is 1690. The van der Waals surface area contributed by atoms with E-state index in [1.54, 1.807) is 54.1 Å². The first-order valence-electron chi connectivity index (χ1n) is 13.2. The molecule has 4 rings (SSSR count). The number of aromatic nitrogens is 2. The van der Waals surface area contributed by atoms with Crippen molar-refractivity contribution < 1.29 is 36.3 Å². The van der Waals surface area contributed by atoms with E-state index in [1.807, 2.05) is 0 Å². The van der Waals surface area contributed by atoms with Crippen LogP contribution in [-0.4, -0.2) is 40.6 Å².